The zero-order chi connectivity index (χ0) is 15.1. The van der Waals surface area contributed by atoms with Gasteiger partial charge in [0.1, 0.15) is 11.6 Å². The Hall–Kier alpha value is -2.18. The Morgan fingerprint density at radius 2 is 2.00 bits per heavy atom. The molecule has 0 aliphatic heterocycles. The SMILES string of the molecule is CCCCNC(=O)COC(=O)c1cc(F)c(N)cc1F. The molecular formula is C13H16F2N2O3. The molecule has 0 aliphatic rings. The van der Waals surface area contributed by atoms with Crippen LogP contribution >= 0.6 is 0 Å². The summed E-state index contributed by atoms with van der Waals surface area (Å²) < 4.78 is 31.1. The number of rotatable bonds is 6. The lowest BCUT2D eigenvalue weighted by molar-refractivity contribution is -0.124. The van der Waals surface area contributed by atoms with Gasteiger partial charge in [-0.05, 0) is 12.5 Å². The fourth-order valence-corrected chi connectivity index (χ4v) is 1.38. The summed E-state index contributed by atoms with van der Waals surface area (Å²) in [7, 11) is 0. The Morgan fingerprint density at radius 3 is 2.65 bits per heavy atom. The summed E-state index contributed by atoms with van der Waals surface area (Å²) >= 11 is 0. The van der Waals surface area contributed by atoms with E-state index in [1.54, 1.807) is 0 Å². The van der Waals surface area contributed by atoms with Crippen LogP contribution in [-0.2, 0) is 9.53 Å². The van der Waals surface area contributed by atoms with Gasteiger partial charge in [-0.25, -0.2) is 13.6 Å². The number of hydrogen-bond donors (Lipinski definition) is 2. The third-order valence-corrected chi connectivity index (χ3v) is 2.49. The van der Waals surface area contributed by atoms with Crippen LogP contribution < -0.4 is 11.1 Å². The summed E-state index contributed by atoms with van der Waals surface area (Å²) in [6.07, 6.45) is 1.72. The minimum atomic E-state index is -1.12. The molecule has 0 saturated heterocycles. The number of halogens is 2. The van der Waals surface area contributed by atoms with Gasteiger partial charge < -0.3 is 15.8 Å². The van der Waals surface area contributed by atoms with E-state index in [0.29, 0.717) is 18.7 Å². The first-order valence-corrected chi connectivity index (χ1v) is 6.14. The summed E-state index contributed by atoms with van der Waals surface area (Å²) in [6, 6.07) is 1.33. The molecule has 0 radical (unpaired) electrons. The molecule has 20 heavy (non-hydrogen) atoms. The van der Waals surface area contributed by atoms with Crippen LogP contribution in [0.1, 0.15) is 30.1 Å². The normalized spacial score (nSPS) is 10.2. The second-order valence-electron chi connectivity index (χ2n) is 4.13. The maximum Gasteiger partial charge on any atom is 0.341 e. The predicted octanol–water partition coefficient (Wildman–Crippen LogP) is 1.62. The number of anilines is 1. The van der Waals surface area contributed by atoms with E-state index in [0.717, 1.165) is 12.8 Å². The Labute approximate surface area is 115 Å². The van der Waals surface area contributed by atoms with Gasteiger partial charge in [0.15, 0.2) is 6.61 Å². The standard InChI is InChI=1S/C13H16F2N2O3/c1-2-3-4-17-12(18)7-20-13(19)8-5-10(15)11(16)6-9(8)14/h5-6H,2-4,7,16H2,1H3,(H,17,18). The lowest BCUT2D eigenvalue weighted by Crippen LogP contribution is -2.29. The third kappa shape index (κ3) is 4.49. The van der Waals surface area contributed by atoms with Crippen LogP contribution in [0.15, 0.2) is 12.1 Å². The van der Waals surface area contributed by atoms with Crippen LogP contribution in [0.3, 0.4) is 0 Å². The molecule has 0 fully saturated rings. The Bertz CT molecular complexity index is 507. The van der Waals surface area contributed by atoms with Crippen LogP contribution in [0.25, 0.3) is 0 Å². The smallest absolute Gasteiger partial charge is 0.341 e. The summed E-state index contributed by atoms with van der Waals surface area (Å²) in [5, 5.41) is 2.52. The zero-order valence-corrected chi connectivity index (χ0v) is 11.0. The second-order valence-corrected chi connectivity index (χ2v) is 4.13. The van der Waals surface area contributed by atoms with Crippen LogP contribution in [0.4, 0.5) is 14.5 Å². The minimum Gasteiger partial charge on any atom is -0.452 e. The lowest BCUT2D eigenvalue weighted by Gasteiger charge is -2.07. The van der Waals surface area contributed by atoms with Gasteiger partial charge >= 0.3 is 5.97 Å². The number of benzene rings is 1. The molecule has 110 valence electrons. The number of esters is 1. The Kier molecular flexibility index (Phi) is 5.89. The number of carbonyl (C=O) groups excluding carboxylic acids is 2. The van der Waals surface area contributed by atoms with Gasteiger partial charge in [-0.1, -0.05) is 13.3 Å². The van der Waals surface area contributed by atoms with Crippen molar-refractivity contribution in [3.8, 4) is 0 Å². The molecule has 1 amide bonds. The highest BCUT2D eigenvalue weighted by atomic mass is 19.1. The number of nitrogen functional groups attached to an aromatic ring is 1. The monoisotopic (exact) mass is 286 g/mol. The van der Waals surface area contributed by atoms with Gasteiger partial charge in [-0.15, -0.1) is 0 Å². The van der Waals surface area contributed by atoms with E-state index in [9.17, 15) is 18.4 Å². The van der Waals surface area contributed by atoms with E-state index in [1.165, 1.54) is 0 Å². The molecule has 0 aromatic heterocycles. The third-order valence-electron chi connectivity index (χ3n) is 2.49. The van der Waals surface area contributed by atoms with E-state index >= 15 is 0 Å². The van der Waals surface area contributed by atoms with Crippen LogP contribution in [0.2, 0.25) is 0 Å². The maximum atomic E-state index is 13.4. The van der Waals surface area contributed by atoms with Gasteiger partial charge in [0, 0.05) is 12.6 Å². The molecule has 0 aliphatic carbocycles. The van der Waals surface area contributed by atoms with E-state index in [4.69, 9.17) is 5.73 Å². The number of nitrogens with two attached hydrogens (primary N) is 1. The highest BCUT2D eigenvalue weighted by Gasteiger charge is 2.17. The van der Waals surface area contributed by atoms with Gasteiger partial charge in [-0.2, -0.15) is 0 Å². The average molecular weight is 286 g/mol. The number of nitrogens with one attached hydrogen (secondary N) is 1. The van der Waals surface area contributed by atoms with Crippen LogP contribution in [0, 0.1) is 11.6 Å². The number of carbonyl (C=O) groups is 2. The predicted molar refractivity (Wildman–Crippen MR) is 69.0 cm³/mol. The quantitative estimate of drug-likeness (QED) is 0.473. The van der Waals surface area contributed by atoms with E-state index in [-0.39, 0.29) is 0 Å². The zero-order valence-electron chi connectivity index (χ0n) is 11.0. The maximum absolute atomic E-state index is 13.4. The number of amides is 1. The van der Waals surface area contributed by atoms with E-state index in [2.05, 4.69) is 10.1 Å². The first kappa shape index (κ1) is 15.9. The van der Waals surface area contributed by atoms with Gasteiger partial charge in [0.25, 0.3) is 5.91 Å². The second kappa shape index (κ2) is 7.42. The van der Waals surface area contributed by atoms with Gasteiger partial charge in [0.05, 0.1) is 11.3 Å². The highest BCUT2D eigenvalue weighted by molar-refractivity contribution is 5.92. The molecule has 3 N–H and O–H groups in total. The molecule has 1 aromatic rings. The number of ether oxygens (including phenoxy) is 1. The number of hydrogen-bond acceptors (Lipinski definition) is 4. The molecule has 5 nitrogen and oxygen atoms in total. The Balaban J connectivity index is 2.55. The van der Waals surface area contributed by atoms with Gasteiger partial charge in [0.2, 0.25) is 0 Å². The topological polar surface area (TPSA) is 81.4 Å². The van der Waals surface area contributed by atoms with Crippen molar-refractivity contribution in [2.45, 2.75) is 19.8 Å². The molecule has 7 heteroatoms. The van der Waals surface area contributed by atoms with Crippen molar-refractivity contribution in [2.24, 2.45) is 0 Å². The molecule has 1 rings (SSSR count). The molecule has 0 bridgehead atoms. The summed E-state index contributed by atoms with van der Waals surface area (Å²) in [5.41, 5.74) is 4.14. The lowest BCUT2D eigenvalue weighted by atomic mass is 10.2. The van der Waals surface area contributed by atoms with Crippen molar-refractivity contribution in [1.29, 1.82) is 0 Å². The van der Waals surface area contributed by atoms with E-state index < -0.39 is 41.4 Å². The molecule has 1 aromatic carbocycles. The fraction of sp³-hybridized carbons (Fsp3) is 0.385. The minimum absolute atomic E-state index is 0.406. The first-order valence-electron chi connectivity index (χ1n) is 6.14. The highest BCUT2D eigenvalue weighted by Crippen LogP contribution is 2.17. The van der Waals surface area contributed by atoms with Crippen molar-refractivity contribution in [3.05, 3.63) is 29.3 Å². The molecule has 0 spiro atoms. The van der Waals surface area contributed by atoms with Crippen molar-refractivity contribution < 1.29 is 23.1 Å². The molecule has 0 heterocycles. The number of unbranched alkanes of at least 4 members (excludes halogenated alkanes) is 1. The molecular weight excluding hydrogens is 270 g/mol. The van der Waals surface area contributed by atoms with Crippen molar-refractivity contribution in [3.63, 3.8) is 0 Å². The summed E-state index contributed by atoms with van der Waals surface area (Å²) in [5.74, 6) is -3.54. The Morgan fingerprint density at radius 1 is 1.30 bits per heavy atom. The first-order chi connectivity index (χ1) is 9.45. The summed E-state index contributed by atoms with van der Waals surface area (Å²) in [4.78, 5) is 22.8. The van der Waals surface area contributed by atoms with Crippen LogP contribution in [-0.4, -0.2) is 25.0 Å². The van der Waals surface area contributed by atoms with Crippen molar-refractivity contribution in [2.75, 3.05) is 18.9 Å². The molecule has 0 saturated carbocycles. The fourth-order valence-electron chi connectivity index (χ4n) is 1.38. The van der Waals surface area contributed by atoms with E-state index in [1.807, 2.05) is 6.92 Å². The van der Waals surface area contributed by atoms with Crippen molar-refractivity contribution >= 4 is 17.6 Å². The summed E-state index contributed by atoms with van der Waals surface area (Å²) in [6.45, 7) is 1.89. The largest absolute Gasteiger partial charge is 0.452 e. The molecule has 0 atom stereocenters. The van der Waals surface area contributed by atoms with Gasteiger partial charge in [-0.3, -0.25) is 4.79 Å². The average Bonchev–Trinajstić information content (AvgIpc) is 2.40. The van der Waals surface area contributed by atoms with Crippen LogP contribution in [0.5, 0.6) is 0 Å². The molecule has 0 unspecified atom stereocenters. The van der Waals surface area contributed by atoms with Crippen molar-refractivity contribution in [1.82, 2.24) is 5.32 Å².